The normalized spacial score (nSPS) is 16.6. The van der Waals surface area contributed by atoms with E-state index in [9.17, 15) is 4.79 Å². The molecule has 21 heavy (non-hydrogen) atoms. The summed E-state index contributed by atoms with van der Waals surface area (Å²) in [4.78, 5) is 20.4. The first kappa shape index (κ1) is 14.1. The van der Waals surface area contributed by atoms with Gasteiger partial charge >= 0.3 is 0 Å². The molecule has 2 aromatic rings. The van der Waals surface area contributed by atoms with Crippen LogP contribution in [0.5, 0.6) is 0 Å². The second-order valence-corrected chi connectivity index (χ2v) is 5.90. The van der Waals surface area contributed by atoms with Gasteiger partial charge in [-0.05, 0) is 37.6 Å². The lowest BCUT2D eigenvalue weighted by Gasteiger charge is -2.33. The molecule has 0 atom stereocenters. The number of piperazine rings is 1. The van der Waals surface area contributed by atoms with Crippen molar-refractivity contribution in [2.45, 2.75) is 20.8 Å². The van der Waals surface area contributed by atoms with Crippen molar-refractivity contribution >= 4 is 16.8 Å². The molecule has 1 aliphatic rings. The van der Waals surface area contributed by atoms with Gasteiger partial charge in [-0.25, -0.2) is 0 Å². The minimum absolute atomic E-state index is 0.136. The third kappa shape index (κ3) is 2.56. The third-order valence-electron chi connectivity index (χ3n) is 4.53. The number of hydrogen-bond donors (Lipinski definition) is 1. The minimum Gasteiger partial charge on any atom is -0.350 e. The summed E-state index contributed by atoms with van der Waals surface area (Å²) in [6.45, 7) is 10.9. The predicted molar refractivity (Wildman–Crippen MR) is 85.8 cm³/mol. The van der Waals surface area contributed by atoms with Crippen molar-refractivity contribution in [3.8, 4) is 0 Å². The Morgan fingerprint density at radius 3 is 2.57 bits per heavy atom. The van der Waals surface area contributed by atoms with Crippen molar-refractivity contribution in [1.82, 2.24) is 14.8 Å². The Morgan fingerprint density at radius 1 is 1.19 bits per heavy atom. The van der Waals surface area contributed by atoms with Crippen LogP contribution in [0.3, 0.4) is 0 Å². The number of fused-ring (bicyclic) bond motifs is 1. The molecule has 4 heteroatoms. The van der Waals surface area contributed by atoms with E-state index in [4.69, 9.17) is 0 Å². The molecule has 112 valence electrons. The number of carbonyl (C=O) groups is 1. The van der Waals surface area contributed by atoms with Crippen LogP contribution in [0.4, 0.5) is 0 Å². The fraction of sp³-hybridized carbons (Fsp3) is 0.471. The Kier molecular flexibility index (Phi) is 3.72. The summed E-state index contributed by atoms with van der Waals surface area (Å²) < 4.78 is 0. The van der Waals surface area contributed by atoms with Crippen LogP contribution < -0.4 is 0 Å². The van der Waals surface area contributed by atoms with Crippen LogP contribution in [-0.2, 0) is 0 Å². The van der Waals surface area contributed by atoms with Crippen molar-refractivity contribution in [2.75, 3.05) is 32.7 Å². The lowest BCUT2D eigenvalue weighted by molar-refractivity contribution is 0.0638. The van der Waals surface area contributed by atoms with E-state index in [1.807, 2.05) is 11.8 Å². The predicted octanol–water partition coefficient (Wildman–Crippen LogP) is 2.56. The number of aryl methyl sites for hydroxylation is 2. The number of carbonyl (C=O) groups excluding carboxylic acids is 1. The zero-order valence-electron chi connectivity index (χ0n) is 13.1. The molecule has 2 heterocycles. The molecule has 1 aliphatic heterocycles. The van der Waals surface area contributed by atoms with Gasteiger partial charge in [0.2, 0.25) is 0 Å². The molecule has 0 aliphatic carbocycles. The number of nitrogens with zero attached hydrogens (tertiary/aromatic N) is 2. The van der Waals surface area contributed by atoms with Gasteiger partial charge in [0.25, 0.3) is 5.91 Å². The lowest BCUT2D eigenvalue weighted by atomic mass is 10.1. The zero-order valence-corrected chi connectivity index (χ0v) is 13.1. The Hall–Kier alpha value is -1.81. The van der Waals surface area contributed by atoms with Gasteiger partial charge in [-0.2, -0.15) is 0 Å². The highest BCUT2D eigenvalue weighted by Gasteiger charge is 2.24. The summed E-state index contributed by atoms with van der Waals surface area (Å²) in [6.07, 6.45) is 0. The number of H-pyrrole nitrogens is 1. The van der Waals surface area contributed by atoms with Gasteiger partial charge in [0.15, 0.2) is 0 Å². The van der Waals surface area contributed by atoms with Gasteiger partial charge in [-0.15, -0.1) is 0 Å². The quantitative estimate of drug-likeness (QED) is 0.921. The molecule has 0 radical (unpaired) electrons. The maximum atomic E-state index is 12.7. The molecule has 1 aromatic heterocycles. The van der Waals surface area contributed by atoms with Crippen molar-refractivity contribution in [1.29, 1.82) is 0 Å². The van der Waals surface area contributed by atoms with Crippen molar-refractivity contribution in [3.05, 3.63) is 35.0 Å². The van der Waals surface area contributed by atoms with Gasteiger partial charge in [0, 0.05) is 37.1 Å². The van der Waals surface area contributed by atoms with E-state index in [1.165, 1.54) is 5.56 Å². The average Bonchev–Trinajstić information content (AvgIpc) is 2.83. The Morgan fingerprint density at radius 2 is 1.90 bits per heavy atom. The minimum atomic E-state index is 0.136. The first-order chi connectivity index (χ1) is 10.1. The molecule has 1 amide bonds. The highest BCUT2D eigenvalue weighted by atomic mass is 16.2. The zero-order chi connectivity index (χ0) is 15.0. The summed E-state index contributed by atoms with van der Waals surface area (Å²) in [6, 6.07) is 6.30. The van der Waals surface area contributed by atoms with Crippen LogP contribution in [0.15, 0.2) is 18.2 Å². The van der Waals surface area contributed by atoms with Crippen LogP contribution in [0, 0.1) is 13.8 Å². The molecular formula is C17H23N3O. The first-order valence-corrected chi connectivity index (χ1v) is 7.70. The largest absolute Gasteiger partial charge is 0.350 e. The van der Waals surface area contributed by atoms with Crippen LogP contribution in [-0.4, -0.2) is 53.4 Å². The summed E-state index contributed by atoms with van der Waals surface area (Å²) in [5, 5.41) is 1.15. The molecule has 1 N–H and O–H groups in total. The lowest BCUT2D eigenvalue weighted by Crippen LogP contribution is -2.48. The van der Waals surface area contributed by atoms with Gasteiger partial charge in [-0.1, -0.05) is 19.1 Å². The highest BCUT2D eigenvalue weighted by Crippen LogP contribution is 2.24. The van der Waals surface area contributed by atoms with E-state index in [2.05, 4.69) is 41.9 Å². The molecule has 0 saturated carbocycles. The van der Waals surface area contributed by atoms with Crippen molar-refractivity contribution < 1.29 is 4.79 Å². The molecule has 1 aromatic carbocycles. The average molecular weight is 285 g/mol. The number of amides is 1. The van der Waals surface area contributed by atoms with Crippen LogP contribution in [0.2, 0.25) is 0 Å². The molecule has 4 nitrogen and oxygen atoms in total. The van der Waals surface area contributed by atoms with Gasteiger partial charge in [-0.3, -0.25) is 4.79 Å². The van der Waals surface area contributed by atoms with Crippen LogP contribution >= 0.6 is 0 Å². The molecule has 1 saturated heterocycles. The van der Waals surface area contributed by atoms with Crippen LogP contribution in [0.25, 0.3) is 10.9 Å². The van der Waals surface area contributed by atoms with Crippen molar-refractivity contribution in [2.24, 2.45) is 0 Å². The monoisotopic (exact) mass is 285 g/mol. The number of likely N-dealkylation sites (N-methyl/N-ethyl adjacent to an activating group) is 1. The topological polar surface area (TPSA) is 39.3 Å². The standard InChI is InChI=1S/C17H23N3O/c1-4-19-7-9-20(10-8-19)17(21)16-13(3)14-6-5-12(2)11-15(14)18-16/h5-6,11,18H,4,7-10H2,1-3H3. The second kappa shape index (κ2) is 5.53. The maximum Gasteiger partial charge on any atom is 0.270 e. The second-order valence-electron chi connectivity index (χ2n) is 5.90. The maximum absolute atomic E-state index is 12.7. The number of aromatic amines is 1. The number of nitrogens with one attached hydrogen (secondary N) is 1. The van der Waals surface area contributed by atoms with E-state index in [0.29, 0.717) is 0 Å². The van der Waals surface area contributed by atoms with E-state index >= 15 is 0 Å². The fourth-order valence-electron chi connectivity index (χ4n) is 3.09. The smallest absolute Gasteiger partial charge is 0.270 e. The molecule has 0 unspecified atom stereocenters. The third-order valence-corrected chi connectivity index (χ3v) is 4.53. The Bertz CT molecular complexity index is 666. The highest BCUT2D eigenvalue weighted by molar-refractivity contribution is 6.01. The van der Waals surface area contributed by atoms with Gasteiger partial charge in [0.05, 0.1) is 0 Å². The summed E-state index contributed by atoms with van der Waals surface area (Å²) in [5.74, 6) is 0.136. The Balaban J connectivity index is 1.86. The van der Waals surface area contributed by atoms with Crippen molar-refractivity contribution in [3.63, 3.8) is 0 Å². The number of rotatable bonds is 2. The van der Waals surface area contributed by atoms with E-state index in [1.54, 1.807) is 0 Å². The summed E-state index contributed by atoms with van der Waals surface area (Å²) in [7, 11) is 0. The SMILES string of the molecule is CCN1CCN(C(=O)c2[nH]c3cc(C)ccc3c2C)CC1. The molecule has 0 spiro atoms. The number of hydrogen-bond acceptors (Lipinski definition) is 2. The van der Waals surface area contributed by atoms with E-state index in [0.717, 1.165) is 54.9 Å². The van der Waals surface area contributed by atoms with Gasteiger partial charge in [0.1, 0.15) is 5.69 Å². The molecule has 0 bridgehead atoms. The number of benzene rings is 1. The van der Waals surface area contributed by atoms with Gasteiger partial charge < -0.3 is 14.8 Å². The molecule has 3 rings (SSSR count). The first-order valence-electron chi connectivity index (χ1n) is 7.70. The fourth-order valence-corrected chi connectivity index (χ4v) is 3.09. The summed E-state index contributed by atoms with van der Waals surface area (Å²) >= 11 is 0. The molecular weight excluding hydrogens is 262 g/mol. The number of aromatic nitrogens is 1. The summed E-state index contributed by atoms with van der Waals surface area (Å²) in [5.41, 5.74) is 4.08. The molecule has 1 fully saturated rings. The van der Waals surface area contributed by atoms with E-state index in [-0.39, 0.29) is 5.91 Å². The van der Waals surface area contributed by atoms with Crippen LogP contribution in [0.1, 0.15) is 28.5 Å². The van der Waals surface area contributed by atoms with E-state index < -0.39 is 0 Å². The Labute approximate surface area is 125 Å².